The standard InChI is InChI=1S/C23H23N5O/c24-23-26-12-18-14-28(9-8-21(18)27-23)13-17-11-25-22-7-6-19(10-20(17)22)29-15-16-4-2-1-3-5-16/h1-7,10-12,25H,8-9,13-15H2,(H2,24,26,27). The number of nitrogen functional groups attached to an aromatic ring is 1. The molecule has 4 aromatic rings. The van der Waals surface area contributed by atoms with Crippen LogP contribution in [0.25, 0.3) is 10.9 Å². The van der Waals surface area contributed by atoms with Gasteiger partial charge in [0.2, 0.25) is 5.95 Å². The van der Waals surface area contributed by atoms with Gasteiger partial charge in [-0.2, -0.15) is 0 Å². The van der Waals surface area contributed by atoms with Crippen LogP contribution in [0.3, 0.4) is 0 Å². The summed E-state index contributed by atoms with van der Waals surface area (Å²) in [6.45, 7) is 3.23. The zero-order valence-corrected chi connectivity index (χ0v) is 16.1. The fourth-order valence-electron chi connectivity index (χ4n) is 3.88. The number of rotatable bonds is 5. The van der Waals surface area contributed by atoms with Crippen LogP contribution in [0.15, 0.2) is 60.9 Å². The SMILES string of the molecule is Nc1ncc2c(n1)CCN(Cc1c[nH]c3ccc(OCc4ccccc4)cc13)C2. The van der Waals surface area contributed by atoms with Gasteiger partial charge in [0, 0.05) is 54.9 Å². The second kappa shape index (κ2) is 7.56. The van der Waals surface area contributed by atoms with Gasteiger partial charge >= 0.3 is 0 Å². The highest BCUT2D eigenvalue weighted by atomic mass is 16.5. The van der Waals surface area contributed by atoms with Crippen molar-refractivity contribution < 1.29 is 4.74 Å². The average molecular weight is 385 g/mol. The average Bonchev–Trinajstić information content (AvgIpc) is 3.15. The molecule has 5 rings (SSSR count). The number of hydrogen-bond acceptors (Lipinski definition) is 5. The lowest BCUT2D eigenvalue weighted by Crippen LogP contribution is -2.31. The van der Waals surface area contributed by atoms with Gasteiger partial charge in [-0.25, -0.2) is 9.97 Å². The monoisotopic (exact) mass is 385 g/mol. The molecule has 6 heteroatoms. The van der Waals surface area contributed by atoms with Gasteiger partial charge in [0.25, 0.3) is 0 Å². The van der Waals surface area contributed by atoms with Crippen LogP contribution in [0.5, 0.6) is 5.75 Å². The van der Waals surface area contributed by atoms with Gasteiger partial charge < -0.3 is 15.5 Å². The summed E-state index contributed by atoms with van der Waals surface area (Å²) in [5, 5.41) is 1.20. The van der Waals surface area contributed by atoms with Crippen molar-refractivity contribution in [3.63, 3.8) is 0 Å². The number of aromatic nitrogens is 3. The number of H-pyrrole nitrogens is 1. The van der Waals surface area contributed by atoms with E-state index in [1.54, 1.807) is 0 Å². The van der Waals surface area contributed by atoms with Crippen LogP contribution in [0.1, 0.15) is 22.4 Å². The number of fused-ring (bicyclic) bond motifs is 2. The Morgan fingerprint density at radius 1 is 1.14 bits per heavy atom. The lowest BCUT2D eigenvalue weighted by atomic mass is 10.1. The van der Waals surface area contributed by atoms with Crippen LogP contribution in [-0.4, -0.2) is 26.4 Å². The fourth-order valence-corrected chi connectivity index (χ4v) is 3.88. The molecule has 0 aliphatic carbocycles. The number of nitrogens with zero attached hydrogens (tertiary/aromatic N) is 3. The molecular formula is C23H23N5O. The van der Waals surface area contributed by atoms with E-state index in [1.807, 2.05) is 30.5 Å². The highest BCUT2D eigenvalue weighted by Crippen LogP contribution is 2.27. The second-order valence-electron chi connectivity index (χ2n) is 7.46. The maximum atomic E-state index is 6.02. The van der Waals surface area contributed by atoms with Gasteiger partial charge in [-0.3, -0.25) is 4.90 Å². The van der Waals surface area contributed by atoms with E-state index in [4.69, 9.17) is 10.5 Å². The molecule has 146 valence electrons. The van der Waals surface area contributed by atoms with Crippen LogP contribution in [0.4, 0.5) is 5.95 Å². The summed E-state index contributed by atoms with van der Waals surface area (Å²) in [5.41, 5.74) is 11.5. The summed E-state index contributed by atoms with van der Waals surface area (Å²) < 4.78 is 6.02. The third-order valence-electron chi connectivity index (χ3n) is 5.41. The van der Waals surface area contributed by atoms with Crippen LogP contribution in [0, 0.1) is 0 Å². The predicted molar refractivity (Wildman–Crippen MR) is 113 cm³/mol. The van der Waals surface area contributed by atoms with E-state index in [2.05, 4.69) is 50.3 Å². The van der Waals surface area contributed by atoms with Gasteiger partial charge in [0.1, 0.15) is 12.4 Å². The zero-order valence-electron chi connectivity index (χ0n) is 16.1. The van der Waals surface area contributed by atoms with Crippen LogP contribution >= 0.6 is 0 Å². The van der Waals surface area contributed by atoms with Crippen LogP contribution in [-0.2, 0) is 26.1 Å². The zero-order chi connectivity index (χ0) is 19.6. The Kier molecular flexibility index (Phi) is 4.62. The molecular weight excluding hydrogens is 362 g/mol. The van der Waals surface area contributed by atoms with Crippen molar-refractivity contribution in [2.45, 2.75) is 26.1 Å². The van der Waals surface area contributed by atoms with Gasteiger partial charge in [-0.05, 0) is 29.3 Å². The van der Waals surface area contributed by atoms with E-state index in [1.165, 1.54) is 10.9 Å². The number of benzene rings is 2. The Morgan fingerprint density at radius 2 is 2.03 bits per heavy atom. The lowest BCUT2D eigenvalue weighted by molar-refractivity contribution is 0.244. The van der Waals surface area contributed by atoms with Crippen molar-refractivity contribution in [1.29, 1.82) is 0 Å². The van der Waals surface area contributed by atoms with E-state index < -0.39 is 0 Å². The Hall–Kier alpha value is -3.38. The molecule has 0 fully saturated rings. The largest absolute Gasteiger partial charge is 0.489 e. The third-order valence-corrected chi connectivity index (χ3v) is 5.41. The predicted octanol–water partition coefficient (Wildman–Crippen LogP) is 3.68. The highest BCUT2D eigenvalue weighted by molar-refractivity contribution is 5.84. The van der Waals surface area contributed by atoms with Gasteiger partial charge in [-0.15, -0.1) is 0 Å². The first-order valence-corrected chi connectivity index (χ1v) is 9.84. The summed E-state index contributed by atoms with van der Waals surface area (Å²) in [4.78, 5) is 14.3. The number of nitrogens with two attached hydrogens (primary N) is 1. The van der Waals surface area contributed by atoms with Crippen LogP contribution in [0.2, 0.25) is 0 Å². The van der Waals surface area contributed by atoms with Crippen molar-refractivity contribution in [1.82, 2.24) is 19.9 Å². The summed E-state index contributed by atoms with van der Waals surface area (Å²) in [6.07, 6.45) is 4.85. The van der Waals surface area contributed by atoms with E-state index >= 15 is 0 Å². The minimum absolute atomic E-state index is 0.358. The van der Waals surface area contributed by atoms with E-state index in [9.17, 15) is 0 Å². The molecule has 0 saturated heterocycles. The molecule has 0 unspecified atom stereocenters. The Bertz CT molecular complexity index is 1140. The number of hydrogen-bond donors (Lipinski definition) is 2. The minimum Gasteiger partial charge on any atom is -0.489 e. The van der Waals surface area contributed by atoms with Crippen LogP contribution < -0.4 is 10.5 Å². The minimum atomic E-state index is 0.358. The number of nitrogens with one attached hydrogen (secondary N) is 1. The molecule has 1 aliphatic rings. The first kappa shape index (κ1) is 17.7. The molecule has 0 radical (unpaired) electrons. The molecule has 3 heterocycles. The molecule has 0 spiro atoms. The topological polar surface area (TPSA) is 80.1 Å². The molecule has 2 aromatic carbocycles. The summed E-state index contributed by atoms with van der Waals surface area (Å²) in [7, 11) is 0. The Labute approximate surface area is 169 Å². The molecule has 29 heavy (non-hydrogen) atoms. The van der Waals surface area contributed by atoms with Crippen molar-refractivity contribution in [3.05, 3.63) is 83.3 Å². The highest BCUT2D eigenvalue weighted by Gasteiger charge is 2.19. The number of anilines is 1. The molecule has 2 aromatic heterocycles. The Morgan fingerprint density at radius 3 is 2.93 bits per heavy atom. The van der Waals surface area contributed by atoms with E-state index in [0.29, 0.717) is 12.6 Å². The third kappa shape index (κ3) is 3.79. The Balaban J connectivity index is 1.32. The maximum Gasteiger partial charge on any atom is 0.220 e. The summed E-state index contributed by atoms with van der Waals surface area (Å²) >= 11 is 0. The summed E-state index contributed by atoms with van der Waals surface area (Å²) in [5.74, 6) is 1.24. The first-order valence-electron chi connectivity index (χ1n) is 9.84. The quantitative estimate of drug-likeness (QED) is 0.548. The fraction of sp³-hybridized carbons (Fsp3) is 0.217. The molecule has 1 aliphatic heterocycles. The van der Waals surface area contributed by atoms with Crippen molar-refractivity contribution >= 4 is 16.9 Å². The molecule has 0 saturated carbocycles. The molecule has 3 N–H and O–H groups in total. The molecule has 0 bridgehead atoms. The molecule has 6 nitrogen and oxygen atoms in total. The van der Waals surface area contributed by atoms with Gasteiger partial charge in [0.15, 0.2) is 0 Å². The first-order chi connectivity index (χ1) is 14.2. The van der Waals surface area contributed by atoms with E-state index in [0.717, 1.165) is 54.1 Å². The normalized spacial score (nSPS) is 14.1. The van der Waals surface area contributed by atoms with Gasteiger partial charge in [0.05, 0.1) is 5.69 Å². The molecule has 0 atom stereocenters. The number of ether oxygens (including phenoxy) is 1. The van der Waals surface area contributed by atoms with E-state index in [-0.39, 0.29) is 0 Å². The maximum absolute atomic E-state index is 6.02. The summed E-state index contributed by atoms with van der Waals surface area (Å²) in [6, 6.07) is 16.5. The smallest absolute Gasteiger partial charge is 0.220 e. The van der Waals surface area contributed by atoms with Crippen molar-refractivity contribution in [2.75, 3.05) is 12.3 Å². The number of aromatic amines is 1. The van der Waals surface area contributed by atoms with Crippen molar-refractivity contribution in [3.8, 4) is 5.75 Å². The lowest BCUT2D eigenvalue weighted by Gasteiger charge is -2.27. The molecule has 0 amide bonds. The van der Waals surface area contributed by atoms with Crippen molar-refractivity contribution in [2.24, 2.45) is 0 Å². The van der Waals surface area contributed by atoms with Gasteiger partial charge in [-0.1, -0.05) is 30.3 Å². The second-order valence-corrected chi connectivity index (χ2v) is 7.46.